The number of aromatic nitrogens is 3. The van der Waals surface area contributed by atoms with Crippen molar-refractivity contribution < 1.29 is 17.7 Å². The SMILES string of the molecule is Cc1noc2ccc(Nc3cc(-c4ccc(C(F)(F)F)cc4)ncn3)cc12. The quantitative estimate of drug-likeness (QED) is 0.526. The van der Waals surface area contributed by atoms with Gasteiger partial charge < -0.3 is 9.84 Å². The summed E-state index contributed by atoms with van der Waals surface area (Å²) in [6.07, 6.45) is -3.01. The molecule has 0 amide bonds. The van der Waals surface area contributed by atoms with Crippen molar-refractivity contribution in [2.45, 2.75) is 13.1 Å². The minimum Gasteiger partial charge on any atom is -0.356 e. The zero-order valence-electron chi connectivity index (χ0n) is 14.1. The molecule has 0 aliphatic carbocycles. The molecule has 2 aromatic carbocycles. The Bertz CT molecular complexity index is 1100. The zero-order valence-corrected chi connectivity index (χ0v) is 14.1. The highest BCUT2D eigenvalue weighted by molar-refractivity contribution is 5.84. The van der Waals surface area contributed by atoms with Gasteiger partial charge in [0.2, 0.25) is 0 Å². The first-order chi connectivity index (χ1) is 12.9. The number of rotatable bonds is 3. The van der Waals surface area contributed by atoms with E-state index < -0.39 is 11.7 Å². The monoisotopic (exact) mass is 370 g/mol. The van der Waals surface area contributed by atoms with E-state index >= 15 is 0 Å². The molecule has 4 rings (SSSR count). The second kappa shape index (κ2) is 6.39. The van der Waals surface area contributed by atoms with Gasteiger partial charge in [0.25, 0.3) is 0 Å². The molecule has 0 bridgehead atoms. The first-order valence-corrected chi connectivity index (χ1v) is 8.03. The molecule has 0 radical (unpaired) electrons. The van der Waals surface area contributed by atoms with Crippen molar-refractivity contribution in [2.75, 3.05) is 5.32 Å². The van der Waals surface area contributed by atoms with Crippen molar-refractivity contribution in [3.63, 3.8) is 0 Å². The molecule has 4 aromatic rings. The third kappa shape index (κ3) is 3.46. The summed E-state index contributed by atoms with van der Waals surface area (Å²) < 4.78 is 43.3. The lowest BCUT2D eigenvalue weighted by Crippen LogP contribution is -2.04. The lowest BCUT2D eigenvalue weighted by atomic mass is 10.1. The predicted molar refractivity (Wildman–Crippen MR) is 94.5 cm³/mol. The van der Waals surface area contributed by atoms with Gasteiger partial charge >= 0.3 is 6.18 Å². The van der Waals surface area contributed by atoms with E-state index in [1.54, 1.807) is 12.1 Å². The Labute approximate surface area is 151 Å². The van der Waals surface area contributed by atoms with Crippen LogP contribution in [0.4, 0.5) is 24.7 Å². The van der Waals surface area contributed by atoms with Gasteiger partial charge in [-0.1, -0.05) is 17.3 Å². The molecule has 136 valence electrons. The maximum absolute atomic E-state index is 12.7. The summed E-state index contributed by atoms with van der Waals surface area (Å²) in [5.41, 5.74) is 2.64. The van der Waals surface area contributed by atoms with Gasteiger partial charge in [0.1, 0.15) is 12.1 Å². The van der Waals surface area contributed by atoms with Gasteiger partial charge in [-0.2, -0.15) is 13.2 Å². The van der Waals surface area contributed by atoms with E-state index in [0.717, 1.165) is 28.9 Å². The molecule has 2 aromatic heterocycles. The van der Waals surface area contributed by atoms with Crippen molar-refractivity contribution in [3.05, 3.63) is 66.1 Å². The molecule has 5 nitrogen and oxygen atoms in total. The fourth-order valence-electron chi connectivity index (χ4n) is 2.70. The highest BCUT2D eigenvalue weighted by Gasteiger charge is 2.30. The normalized spacial score (nSPS) is 11.7. The molecule has 0 aliphatic rings. The Morgan fingerprint density at radius 3 is 2.48 bits per heavy atom. The van der Waals surface area contributed by atoms with Crippen LogP contribution in [0.15, 0.2) is 59.4 Å². The van der Waals surface area contributed by atoms with E-state index in [1.807, 2.05) is 19.1 Å². The molecular weight excluding hydrogens is 357 g/mol. The van der Waals surface area contributed by atoms with Gasteiger partial charge in [0.05, 0.1) is 17.0 Å². The number of fused-ring (bicyclic) bond motifs is 1. The molecule has 0 fully saturated rings. The lowest BCUT2D eigenvalue weighted by molar-refractivity contribution is -0.137. The average Bonchev–Trinajstić information content (AvgIpc) is 3.02. The Hall–Kier alpha value is -3.42. The number of hydrogen-bond donors (Lipinski definition) is 1. The van der Waals surface area contributed by atoms with Crippen molar-refractivity contribution in [2.24, 2.45) is 0 Å². The maximum Gasteiger partial charge on any atom is 0.416 e. The van der Waals surface area contributed by atoms with E-state index in [9.17, 15) is 13.2 Å². The standard InChI is InChI=1S/C19H13F3N4O/c1-11-15-8-14(6-7-17(15)27-26-11)25-18-9-16(23-10-24-18)12-2-4-13(5-3-12)19(20,21)22/h2-10H,1H3,(H,23,24,25). The van der Waals surface area contributed by atoms with Crippen LogP contribution in [0, 0.1) is 6.92 Å². The largest absolute Gasteiger partial charge is 0.416 e. The molecule has 1 N–H and O–H groups in total. The van der Waals surface area contributed by atoms with Crippen LogP contribution >= 0.6 is 0 Å². The van der Waals surface area contributed by atoms with Crippen LogP contribution in [0.2, 0.25) is 0 Å². The molecule has 8 heteroatoms. The third-order valence-electron chi connectivity index (χ3n) is 4.10. The Kier molecular flexibility index (Phi) is 4.02. The van der Waals surface area contributed by atoms with E-state index in [4.69, 9.17) is 4.52 Å². The molecule has 0 saturated carbocycles. The Morgan fingerprint density at radius 2 is 1.74 bits per heavy atom. The summed E-state index contributed by atoms with van der Waals surface area (Å²) in [5.74, 6) is 0.522. The molecule has 0 aliphatic heterocycles. The summed E-state index contributed by atoms with van der Waals surface area (Å²) in [4.78, 5) is 8.31. The second-order valence-electron chi connectivity index (χ2n) is 5.97. The van der Waals surface area contributed by atoms with Gasteiger partial charge in [-0.15, -0.1) is 0 Å². The van der Waals surface area contributed by atoms with Crippen molar-refractivity contribution in [1.29, 1.82) is 0 Å². The van der Waals surface area contributed by atoms with E-state index in [1.165, 1.54) is 18.5 Å². The topological polar surface area (TPSA) is 63.8 Å². The van der Waals surface area contributed by atoms with Crippen LogP contribution in [0.1, 0.15) is 11.3 Å². The van der Waals surface area contributed by atoms with E-state index in [2.05, 4.69) is 20.4 Å². The summed E-state index contributed by atoms with van der Waals surface area (Å²) in [7, 11) is 0. The van der Waals surface area contributed by atoms with Gasteiger partial charge in [-0.05, 0) is 37.3 Å². The van der Waals surface area contributed by atoms with Crippen molar-refractivity contribution in [3.8, 4) is 11.3 Å². The van der Waals surface area contributed by atoms with Gasteiger partial charge in [0.15, 0.2) is 5.58 Å². The van der Waals surface area contributed by atoms with Crippen LogP contribution in [-0.2, 0) is 6.18 Å². The number of benzene rings is 2. The van der Waals surface area contributed by atoms with Gasteiger partial charge in [-0.3, -0.25) is 0 Å². The third-order valence-corrected chi connectivity index (χ3v) is 4.10. The number of anilines is 2. The minimum atomic E-state index is -4.37. The molecule has 0 atom stereocenters. The average molecular weight is 370 g/mol. The Balaban J connectivity index is 1.61. The summed E-state index contributed by atoms with van der Waals surface area (Å²) in [6.45, 7) is 1.85. The summed E-state index contributed by atoms with van der Waals surface area (Å²) >= 11 is 0. The predicted octanol–water partition coefficient (Wildman–Crippen LogP) is 5.36. The van der Waals surface area contributed by atoms with Crippen LogP contribution in [-0.4, -0.2) is 15.1 Å². The first-order valence-electron chi connectivity index (χ1n) is 8.03. The number of aryl methyl sites for hydroxylation is 1. The number of nitrogens with zero attached hydrogens (tertiary/aromatic N) is 3. The molecule has 0 saturated heterocycles. The van der Waals surface area contributed by atoms with E-state index in [-0.39, 0.29) is 0 Å². The smallest absolute Gasteiger partial charge is 0.356 e. The molecular formula is C19H13F3N4O. The van der Waals surface area contributed by atoms with Gasteiger partial charge in [-0.25, -0.2) is 9.97 Å². The molecule has 2 heterocycles. The second-order valence-corrected chi connectivity index (χ2v) is 5.97. The number of alkyl halides is 3. The number of halogens is 3. The van der Waals surface area contributed by atoms with Crippen LogP contribution in [0.5, 0.6) is 0 Å². The van der Waals surface area contributed by atoms with Crippen LogP contribution in [0.3, 0.4) is 0 Å². The molecule has 0 unspecified atom stereocenters. The summed E-state index contributed by atoms with van der Waals surface area (Å²) in [6, 6.07) is 12.0. The van der Waals surface area contributed by atoms with Crippen molar-refractivity contribution in [1.82, 2.24) is 15.1 Å². The number of nitrogens with one attached hydrogen (secondary N) is 1. The van der Waals surface area contributed by atoms with E-state index in [0.29, 0.717) is 22.7 Å². The zero-order chi connectivity index (χ0) is 19.0. The fraction of sp³-hybridized carbons (Fsp3) is 0.105. The maximum atomic E-state index is 12.7. The highest BCUT2D eigenvalue weighted by Crippen LogP contribution is 2.31. The summed E-state index contributed by atoms with van der Waals surface area (Å²) in [5, 5.41) is 7.96. The van der Waals surface area contributed by atoms with Crippen LogP contribution < -0.4 is 5.32 Å². The Morgan fingerprint density at radius 1 is 0.963 bits per heavy atom. The molecule has 0 spiro atoms. The molecule has 27 heavy (non-hydrogen) atoms. The number of hydrogen-bond acceptors (Lipinski definition) is 5. The fourth-order valence-corrected chi connectivity index (χ4v) is 2.70. The van der Waals surface area contributed by atoms with Crippen LogP contribution in [0.25, 0.3) is 22.2 Å². The van der Waals surface area contributed by atoms with Crippen molar-refractivity contribution >= 4 is 22.5 Å². The minimum absolute atomic E-state index is 0.517. The highest BCUT2D eigenvalue weighted by atomic mass is 19.4. The first kappa shape index (κ1) is 17.0. The van der Waals surface area contributed by atoms with Gasteiger partial charge in [0, 0.05) is 22.7 Å². The lowest BCUT2D eigenvalue weighted by Gasteiger charge is -2.09.